The van der Waals surface area contributed by atoms with Gasteiger partial charge in [-0.15, -0.1) is 0 Å². The lowest BCUT2D eigenvalue weighted by Gasteiger charge is -2.08. The van der Waals surface area contributed by atoms with Crippen LogP contribution in [0.25, 0.3) is 11.1 Å². The SMILES string of the molecule is NC(=O)CS(=O)Cc1ccccc1-c1cccnc1. The molecule has 0 bridgehead atoms. The summed E-state index contributed by atoms with van der Waals surface area (Å²) < 4.78 is 11.8. The average molecular weight is 274 g/mol. The summed E-state index contributed by atoms with van der Waals surface area (Å²) in [5.74, 6) is -0.341. The average Bonchev–Trinajstić information content (AvgIpc) is 2.39. The van der Waals surface area contributed by atoms with Crippen LogP contribution in [0, 0.1) is 0 Å². The Labute approximate surface area is 114 Å². The molecule has 5 heteroatoms. The van der Waals surface area contributed by atoms with E-state index in [2.05, 4.69) is 4.98 Å². The number of nitrogens with two attached hydrogens (primary N) is 1. The first kappa shape index (κ1) is 13.4. The minimum Gasteiger partial charge on any atom is -0.369 e. The van der Waals surface area contributed by atoms with Gasteiger partial charge in [-0.2, -0.15) is 0 Å². The van der Waals surface area contributed by atoms with Gasteiger partial charge in [0.15, 0.2) is 0 Å². The molecule has 4 nitrogen and oxygen atoms in total. The Hall–Kier alpha value is -2.01. The van der Waals surface area contributed by atoms with Gasteiger partial charge >= 0.3 is 0 Å². The zero-order valence-corrected chi connectivity index (χ0v) is 11.1. The van der Waals surface area contributed by atoms with Gasteiger partial charge in [-0.05, 0) is 17.2 Å². The van der Waals surface area contributed by atoms with E-state index in [-0.39, 0.29) is 5.75 Å². The number of rotatable bonds is 5. The fourth-order valence-electron chi connectivity index (χ4n) is 1.83. The molecule has 2 N–H and O–H groups in total. The van der Waals surface area contributed by atoms with E-state index in [0.29, 0.717) is 5.75 Å². The molecule has 1 unspecified atom stereocenters. The van der Waals surface area contributed by atoms with E-state index in [1.54, 1.807) is 12.4 Å². The van der Waals surface area contributed by atoms with Crippen LogP contribution >= 0.6 is 0 Å². The first-order valence-electron chi connectivity index (χ1n) is 5.78. The number of pyridine rings is 1. The van der Waals surface area contributed by atoms with E-state index >= 15 is 0 Å². The number of nitrogens with zero attached hydrogens (tertiary/aromatic N) is 1. The number of hydrogen-bond donors (Lipinski definition) is 1. The van der Waals surface area contributed by atoms with Crippen LogP contribution < -0.4 is 5.73 Å². The van der Waals surface area contributed by atoms with Crippen LogP contribution in [0.1, 0.15) is 5.56 Å². The van der Waals surface area contributed by atoms with Crippen molar-refractivity contribution in [2.75, 3.05) is 5.75 Å². The van der Waals surface area contributed by atoms with Crippen LogP contribution in [0.3, 0.4) is 0 Å². The normalized spacial score (nSPS) is 12.0. The maximum atomic E-state index is 11.8. The van der Waals surface area contributed by atoms with Crippen LogP contribution in [0.4, 0.5) is 0 Å². The van der Waals surface area contributed by atoms with E-state index in [4.69, 9.17) is 5.73 Å². The second-order valence-electron chi connectivity index (χ2n) is 4.09. The highest BCUT2D eigenvalue weighted by Crippen LogP contribution is 2.23. The third-order valence-electron chi connectivity index (χ3n) is 2.61. The van der Waals surface area contributed by atoms with Crippen LogP contribution in [-0.2, 0) is 21.3 Å². The van der Waals surface area contributed by atoms with Crippen molar-refractivity contribution in [3.05, 3.63) is 54.4 Å². The number of amides is 1. The van der Waals surface area contributed by atoms with Crippen molar-refractivity contribution in [2.45, 2.75) is 5.75 Å². The molecule has 0 spiro atoms. The summed E-state index contributed by atoms with van der Waals surface area (Å²) in [5, 5.41) is 0. The molecular formula is C14H14N2O2S. The molecule has 2 rings (SSSR count). The molecule has 1 atom stereocenters. The lowest BCUT2D eigenvalue weighted by molar-refractivity contribution is -0.115. The quantitative estimate of drug-likeness (QED) is 0.897. The Morgan fingerprint density at radius 2 is 2.00 bits per heavy atom. The molecule has 2 aromatic rings. The number of carbonyl (C=O) groups excluding carboxylic acids is 1. The Morgan fingerprint density at radius 1 is 1.21 bits per heavy atom. The molecule has 98 valence electrons. The Morgan fingerprint density at radius 3 is 2.68 bits per heavy atom. The van der Waals surface area contributed by atoms with E-state index in [0.717, 1.165) is 16.7 Å². The maximum Gasteiger partial charge on any atom is 0.230 e. The van der Waals surface area contributed by atoms with Crippen molar-refractivity contribution in [1.82, 2.24) is 4.98 Å². The van der Waals surface area contributed by atoms with Crippen LogP contribution in [-0.4, -0.2) is 20.9 Å². The van der Waals surface area contributed by atoms with Crippen molar-refractivity contribution in [3.8, 4) is 11.1 Å². The van der Waals surface area contributed by atoms with Gasteiger partial charge in [-0.3, -0.25) is 14.0 Å². The summed E-state index contributed by atoms with van der Waals surface area (Å²) in [6.07, 6.45) is 3.47. The summed E-state index contributed by atoms with van der Waals surface area (Å²) in [6, 6.07) is 11.5. The Bertz CT molecular complexity index is 599. The molecule has 0 aliphatic carbocycles. The van der Waals surface area contributed by atoms with Gasteiger partial charge in [-0.1, -0.05) is 30.3 Å². The standard InChI is InChI=1S/C14H14N2O2S/c15-14(17)10-19(18)9-12-4-1-2-6-13(12)11-5-3-7-16-8-11/h1-8H,9-10H2,(H2,15,17). The molecule has 1 amide bonds. The highest BCUT2D eigenvalue weighted by molar-refractivity contribution is 7.84. The van der Waals surface area contributed by atoms with E-state index in [9.17, 15) is 9.00 Å². The molecule has 1 heterocycles. The number of primary amides is 1. The molecule has 0 saturated heterocycles. The van der Waals surface area contributed by atoms with E-state index in [1.807, 2.05) is 36.4 Å². The lowest BCUT2D eigenvalue weighted by Crippen LogP contribution is -2.20. The first-order chi connectivity index (χ1) is 9.16. The second kappa shape index (κ2) is 6.24. The van der Waals surface area contributed by atoms with Crippen molar-refractivity contribution in [3.63, 3.8) is 0 Å². The second-order valence-corrected chi connectivity index (χ2v) is 5.55. The van der Waals surface area contributed by atoms with E-state index < -0.39 is 16.7 Å². The summed E-state index contributed by atoms with van der Waals surface area (Å²) in [4.78, 5) is 14.9. The van der Waals surface area contributed by atoms with Crippen molar-refractivity contribution in [2.24, 2.45) is 5.73 Å². The maximum absolute atomic E-state index is 11.8. The largest absolute Gasteiger partial charge is 0.369 e. The molecule has 1 aromatic heterocycles. The topological polar surface area (TPSA) is 73.1 Å². The van der Waals surface area contributed by atoms with Crippen LogP contribution in [0.2, 0.25) is 0 Å². The van der Waals surface area contributed by atoms with Gasteiger partial charge in [-0.25, -0.2) is 0 Å². The molecule has 0 aliphatic rings. The molecule has 19 heavy (non-hydrogen) atoms. The summed E-state index contributed by atoms with van der Waals surface area (Å²) in [5.41, 5.74) is 7.93. The fraction of sp³-hybridized carbons (Fsp3) is 0.143. The van der Waals surface area contributed by atoms with Crippen molar-refractivity contribution >= 4 is 16.7 Å². The number of benzene rings is 1. The van der Waals surface area contributed by atoms with Crippen LogP contribution in [0.15, 0.2) is 48.8 Å². The van der Waals surface area contributed by atoms with Crippen LogP contribution in [0.5, 0.6) is 0 Å². The third-order valence-corrected chi connectivity index (χ3v) is 3.85. The smallest absolute Gasteiger partial charge is 0.230 e. The zero-order chi connectivity index (χ0) is 13.7. The first-order valence-corrected chi connectivity index (χ1v) is 7.27. The highest BCUT2D eigenvalue weighted by Gasteiger charge is 2.10. The molecule has 0 radical (unpaired) electrons. The summed E-state index contributed by atoms with van der Waals surface area (Å²) >= 11 is 0. The predicted molar refractivity (Wildman–Crippen MR) is 75.6 cm³/mol. The van der Waals surface area contributed by atoms with Gasteiger partial charge in [0.25, 0.3) is 0 Å². The molecule has 0 saturated carbocycles. The molecular weight excluding hydrogens is 260 g/mol. The zero-order valence-electron chi connectivity index (χ0n) is 10.3. The van der Waals surface area contributed by atoms with Crippen molar-refractivity contribution in [1.29, 1.82) is 0 Å². The Kier molecular flexibility index (Phi) is 4.41. The van der Waals surface area contributed by atoms with Crippen molar-refractivity contribution < 1.29 is 9.00 Å². The van der Waals surface area contributed by atoms with Gasteiger partial charge in [0.1, 0.15) is 5.75 Å². The van der Waals surface area contributed by atoms with Gasteiger partial charge in [0.05, 0.1) is 0 Å². The molecule has 0 fully saturated rings. The molecule has 0 aliphatic heterocycles. The van der Waals surface area contributed by atoms with E-state index in [1.165, 1.54) is 0 Å². The minimum absolute atomic E-state index is 0.110. The van der Waals surface area contributed by atoms with Gasteiger partial charge < -0.3 is 5.73 Å². The van der Waals surface area contributed by atoms with Gasteiger partial charge in [0.2, 0.25) is 5.91 Å². The number of hydrogen-bond acceptors (Lipinski definition) is 3. The summed E-state index contributed by atoms with van der Waals surface area (Å²) in [7, 11) is -1.28. The highest BCUT2D eigenvalue weighted by atomic mass is 32.2. The third kappa shape index (κ3) is 3.72. The lowest BCUT2D eigenvalue weighted by atomic mass is 10.0. The number of carbonyl (C=O) groups is 1. The monoisotopic (exact) mass is 274 g/mol. The van der Waals surface area contributed by atoms with Gasteiger partial charge in [0, 0.05) is 34.5 Å². The number of aromatic nitrogens is 1. The fourth-order valence-corrected chi connectivity index (χ4v) is 2.85. The minimum atomic E-state index is -1.28. The predicted octanol–water partition coefficient (Wildman–Crippen LogP) is 1.48. The summed E-state index contributed by atoms with van der Waals surface area (Å²) in [6.45, 7) is 0. The Balaban J connectivity index is 2.27. The molecule has 1 aromatic carbocycles.